The van der Waals surface area contributed by atoms with Crippen molar-refractivity contribution in [3.63, 3.8) is 0 Å². The van der Waals surface area contributed by atoms with Crippen molar-refractivity contribution in [2.24, 2.45) is 5.92 Å². The van der Waals surface area contributed by atoms with Crippen LogP contribution in [0.2, 0.25) is 0 Å². The zero-order chi connectivity index (χ0) is 17.8. The van der Waals surface area contributed by atoms with Gasteiger partial charge in [0.05, 0.1) is 11.8 Å². The molecule has 1 saturated carbocycles. The van der Waals surface area contributed by atoms with Crippen LogP contribution < -0.4 is 0 Å². The predicted octanol–water partition coefficient (Wildman–Crippen LogP) is 4.45. The minimum absolute atomic E-state index is 0.116. The van der Waals surface area contributed by atoms with Gasteiger partial charge in [-0.15, -0.1) is 0 Å². The number of carbonyl (C=O) groups is 1. The van der Waals surface area contributed by atoms with Crippen LogP contribution in [0.4, 0.5) is 4.39 Å². The van der Waals surface area contributed by atoms with E-state index in [0.29, 0.717) is 36.1 Å². The number of amides is 1. The van der Waals surface area contributed by atoms with Crippen LogP contribution in [0.5, 0.6) is 0 Å². The first-order chi connectivity index (χ1) is 12.0. The van der Waals surface area contributed by atoms with Gasteiger partial charge in [-0.2, -0.15) is 0 Å². The first-order valence-corrected chi connectivity index (χ1v) is 9.00. The minimum atomic E-state index is -0.340. The highest BCUT2D eigenvalue weighted by atomic mass is 19.1. The number of hydrogen-bond acceptors (Lipinski definition) is 3. The monoisotopic (exact) mass is 344 g/mol. The fraction of sp³-hybridized carbons (Fsp3) is 0.500. The van der Waals surface area contributed by atoms with Crippen LogP contribution in [-0.2, 0) is 11.2 Å². The summed E-state index contributed by atoms with van der Waals surface area (Å²) in [6.45, 7) is 2.27. The molecule has 1 heterocycles. The van der Waals surface area contributed by atoms with Crippen molar-refractivity contribution in [3.05, 3.63) is 42.2 Å². The van der Waals surface area contributed by atoms with E-state index in [1.54, 1.807) is 18.2 Å². The number of carbonyl (C=O) groups excluding carboxylic acids is 1. The van der Waals surface area contributed by atoms with Crippen molar-refractivity contribution >= 4 is 5.91 Å². The molecule has 0 radical (unpaired) electrons. The molecule has 0 N–H and O–H groups in total. The Labute approximate surface area is 148 Å². The highest BCUT2D eigenvalue weighted by Gasteiger charge is 2.24. The van der Waals surface area contributed by atoms with Crippen molar-refractivity contribution in [2.45, 2.75) is 51.5 Å². The molecule has 0 bridgehead atoms. The molecule has 0 aliphatic heterocycles. The normalized spacial score (nSPS) is 20.4. The smallest absolute Gasteiger partial charge is 0.223 e. The Balaban J connectivity index is 1.55. The topological polar surface area (TPSA) is 46.3 Å². The molecule has 1 aromatic heterocycles. The Hall–Kier alpha value is -2.17. The van der Waals surface area contributed by atoms with Gasteiger partial charge in [0, 0.05) is 25.9 Å². The molecule has 1 aliphatic rings. The van der Waals surface area contributed by atoms with Crippen LogP contribution in [0.15, 0.2) is 34.9 Å². The van der Waals surface area contributed by atoms with E-state index in [4.69, 9.17) is 4.42 Å². The van der Waals surface area contributed by atoms with Gasteiger partial charge < -0.3 is 9.32 Å². The SMILES string of the molecule is CC1CCC(N(C)C(=O)CCc2ncc(-c3ccccc3F)o2)CC1. The molecule has 134 valence electrons. The van der Waals surface area contributed by atoms with E-state index < -0.39 is 0 Å². The first kappa shape index (κ1) is 17.6. The van der Waals surface area contributed by atoms with Gasteiger partial charge in [0.1, 0.15) is 5.82 Å². The van der Waals surface area contributed by atoms with E-state index in [9.17, 15) is 9.18 Å². The number of nitrogens with zero attached hydrogens (tertiary/aromatic N) is 2. The Morgan fingerprint density at radius 3 is 2.72 bits per heavy atom. The molecule has 1 aromatic carbocycles. The van der Waals surface area contributed by atoms with Crippen LogP contribution in [0, 0.1) is 11.7 Å². The fourth-order valence-electron chi connectivity index (χ4n) is 3.44. The van der Waals surface area contributed by atoms with Crippen molar-refractivity contribution < 1.29 is 13.6 Å². The number of rotatable bonds is 5. The molecule has 4 nitrogen and oxygen atoms in total. The van der Waals surface area contributed by atoms with E-state index in [2.05, 4.69) is 11.9 Å². The number of hydrogen-bond donors (Lipinski definition) is 0. The van der Waals surface area contributed by atoms with Gasteiger partial charge in [0.15, 0.2) is 11.7 Å². The maximum absolute atomic E-state index is 13.8. The standard InChI is InChI=1S/C20H25FN2O2/c1-14-7-9-15(10-8-14)23(2)20(24)12-11-19-22-13-18(25-19)16-5-3-4-6-17(16)21/h3-6,13-15H,7-12H2,1-2H3. The number of benzene rings is 1. The summed E-state index contributed by atoms with van der Waals surface area (Å²) in [5.74, 6) is 1.41. The highest BCUT2D eigenvalue weighted by molar-refractivity contribution is 5.76. The molecule has 0 spiro atoms. The lowest BCUT2D eigenvalue weighted by atomic mass is 9.86. The third-order valence-corrected chi connectivity index (χ3v) is 5.17. The van der Waals surface area contributed by atoms with Gasteiger partial charge in [-0.25, -0.2) is 9.37 Å². The molecular formula is C20H25FN2O2. The summed E-state index contributed by atoms with van der Waals surface area (Å²) in [7, 11) is 1.89. The Kier molecular flexibility index (Phi) is 5.51. The second-order valence-electron chi connectivity index (χ2n) is 7.02. The zero-order valence-corrected chi connectivity index (χ0v) is 14.9. The predicted molar refractivity (Wildman–Crippen MR) is 94.4 cm³/mol. The van der Waals surface area contributed by atoms with E-state index in [0.717, 1.165) is 18.8 Å². The van der Waals surface area contributed by atoms with Gasteiger partial charge in [-0.05, 0) is 43.7 Å². The number of oxazole rings is 1. The molecule has 0 atom stereocenters. The van der Waals surface area contributed by atoms with Crippen LogP contribution in [0.3, 0.4) is 0 Å². The van der Waals surface area contributed by atoms with Crippen LogP contribution in [0.1, 0.15) is 44.9 Å². The maximum Gasteiger partial charge on any atom is 0.223 e. The van der Waals surface area contributed by atoms with Crippen molar-refractivity contribution in [2.75, 3.05) is 7.05 Å². The average molecular weight is 344 g/mol. The quantitative estimate of drug-likeness (QED) is 0.805. The van der Waals surface area contributed by atoms with E-state index in [-0.39, 0.29) is 11.7 Å². The van der Waals surface area contributed by atoms with E-state index >= 15 is 0 Å². The summed E-state index contributed by atoms with van der Waals surface area (Å²) in [5, 5.41) is 0. The molecule has 5 heteroatoms. The van der Waals surface area contributed by atoms with Crippen LogP contribution in [0.25, 0.3) is 11.3 Å². The summed E-state index contributed by atoms with van der Waals surface area (Å²) in [6, 6.07) is 6.78. The lowest BCUT2D eigenvalue weighted by molar-refractivity contribution is -0.132. The zero-order valence-electron chi connectivity index (χ0n) is 14.9. The molecule has 1 fully saturated rings. The van der Waals surface area contributed by atoms with Crippen molar-refractivity contribution in [1.29, 1.82) is 0 Å². The largest absolute Gasteiger partial charge is 0.441 e. The van der Waals surface area contributed by atoms with Crippen LogP contribution in [-0.4, -0.2) is 28.9 Å². The fourth-order valence-corrected chi connectivity index (χ4v) is 3.44. The van der Waals surface area contributed by atoms with Crippen LogP contribution >= 0.6 is 0 Å². The summed E-state index contributed by atoms with van der Waals surface area (Å²) in [4.78, 5) is 18.5. The molecular weight excluding hydrogens is 319 g/mol. The molecule has 0 unspecified atom stereocenters. The highest BCUT2D eigenvalue weighted by Crippen LogP contribution is 2.27. The van der Waals surface area contributed by atoms with Gasteiger partial charge >= 0.3 is 0 Å². The molecule has 25 heavy (non-hydrogen) atoms. The molecule has 1 amide bonds. The Bertz CT molecular complexity index is 720. The lowest BCUT2D eigenvalue weighted by Crippen LogP contribution is -2.39. The van der Waals surface area contributed by atoms with E-state index in [1.807, 2.05) is 11.9 Å². The number of aryl methyl sites for hydroxylation is 1. The third kappa shape index (κ3) is 4.27. The second-order valence-corrected chi connectivity index (χ2v) is 7.02. The van der Waals surface area contributed by atoms with E-state index in [1.165, 1.54) is 25.1 Å². The summed E-state index contributed by atoms with van der Waals surface area (Å²) in [6.07, 6.45) is 6.85. The maximum atomic E-state index is 13.8. The number of aromatic nitrogens is 1. The minimum Gasteiger partial charge on any atom is -0.441 e. The molecule has 0 saturated heterocycles. The third-order valence-electron chi connectivity index (χ3n) is 5.17. The van der Waals surface area contributed by atoms with Gasteiger partial charge in [0.25, 0.3) is 0 Å². The average Bonchev–Trinajstić information content (AvgIpc) is 3.09. The molecule has 1 aliphatic carbocycles. The summed E-state index contributed by atoms with van der Waals surface area (Å²) in [5.41, 5.74) is 0.390. The number of halogens is 1. The summed E-state index contributed by atoms with van der Waals surface area (Å²) < 4.78 is 19.4. The van der Waals surface area contributed by atoms with Crippen molar-refractivity contribution in [1.82, 2.24) is 9.88 Å². The van der Waals surface area contributed by atoms with Gasteiger partial charge in [0.2, 0.25) is 5.91 Å². The second kappa shape index (κ2) is 7.81. The Morgan fingerprint density at radius 1 is 1.28 bits per heavy atom. The summed E-state index contributed by atoms with van der Waals surface area (Å²) >= 11 is 0. The van der Waals surface area contributed by atoms with Crippen molar-refractivity contribution in [3.8, 4) is 11.3 Å². The Morgan fingerprint density at radius 2 is 2.00 bits per heavy atom. The lowest BCUT2D eigenvalue weighted by Gasteiger charge is -2.33. The first-order valence-electron chi connectivity index (χ1n) is 9.00. The van der Waals surface area contributed by atoms with Gasteiger partial charge in [-0.3, -0.25) is 4.79 Å². The molecule has 3 rings (SSSR count). The molecule has 2 aromatic rings. The van der Waals surface area contributed by atoms with Gasteiger partial charge in [-0.1, -0.05) is 19.1 Å².